The predicted octanol–water partition coefficient (Wildman–Crippen LogP) is 4.13. The zero-order chi connectivity index (χ0) is 21.3. The van der Waals surface area contributed by atoms with Gasteiger partial charge in [0.05, 0.1) is 18.4 Å². The van der Waals surface area contributed by atoms with Crippen LogP contribution in [-0.4, -0.2) is 32.4 Å². The van der Waals surface area contributed by atoms with E-state index in [9.17, 15) is 13.6 Å². The zero-order valence-electron chi connectivity index (χ0n) is 16.4. The Bertz CT molecular complexity index is 1090. The molecule has 10 heteroatoms. The number of anilines is 2. The predicted molar refractivity (Wildman–Crippen MR) is 105 cm³/mol. The van der Waals surface area contributed by atoms with Gasteiger partial charge in [0.2, 0.25) is 5.72 Å². The van der Waals surface area contributed by atoms with Gasteiger partial charge in [-0.25, -0.2) is 28.2 Å². The second-order valence-corrected chi connectivity index (χ2v) is 7.03. The average Bonchev–Trinajstić information content (AvgIpc) is 3.35. The van der Waals surface area contributed by atoms with Gasteiger partial charge in [-0.3, -0.25) is 0 Å². The Morgan fingerprint density at radius 3 is 2.87 bits per heavy atom. The number of hydrogen-bond acceptors (Lipinski definition) is 6. The average molecular weight is 414 g/mol. The van der Waals surface area contributed by atoms with E-state index in [-0.39, 0.29) is 11.4 Å². The number of pyridine rings is 2. The number of alkyl halides is 2. The van der Waals surface area contributed by atoms with Gasteiger partial charge in [0.1, 0.15) is 11.6 Å². The number of aryl methyl sites for hydroxylation is 1. The number of hydrogen-bond donors (Lipinski definition) is 2. The Labute approximate surface area is 171 Å². The Kier molecular flexibility index (Phi) is 5.06. The van der Waals surface area contributed by atoms with Gasteiger partial charge in [-0.2, -0.15) is 5.10 Å². The molecular formula is C20H20F2N6O2. The Morgan fingerprint density at radius 2 is 2.17 bits per heavy atom. The highest BCUT2D eigenvalue weighted by Gasteiger charge is 2.41. The Hall–Kier alpha value is -3.56. The molecule has 0 saturated carbocycles. The van der Waals surface area contributed by atoms with Crippen molar-refractivity contribution in [3.05, 3.63) is 54.0 Å². The highest BCUT2D eigenvalue weighted by Crippen LogP contribution is 2.29. The summed E-state index contributed by atoms with van der Waals surface area (Å²) in [6.45, 7) is 4.14. The number of ether oxygens (including phenoxy) is 1. The molecule has 1 aliphatic heterocycles. The van der Waals surface area contributed by atoms with Gasteiger partial charge in [0, 0.05) is 29.9 Å². The molecule has 4 rings (SSSR count). The Morgan fingerprint density at radius 1 is 1.33 bits per heavy atom. The maximum Gasteiger partial charge on any atom is 0.409 e. The van der Waals surface area contributed by atoms with E-state index in [2.05, 4.69) is 25.7 Å². The molecule has 1 aliphatic rings. The molecule has 8 nitrogen and oxygen atoms in total. The van der Waals surface area contributed by atoms with Gasteiger partial charge in [-0.05, 0) is 36.8 Å². The highest BCUT2D eigenvalue weighted by molar-refractivity contribution is 5.70. The number of amides is 1. The van der Waals surface area contributed by atoms with E-state index in [0.29, 0.717) is 24.5 Å². The van der Waals surface area contributed by atoms with E-state index < -0.39 is 18.2 Å². The molecule has 0 aromatic carbocycles. The molecule has 3 aromatic rings. The van der Waals surface area contributed by atoms with Gasteiger partial charge < -0.3 is 15.4 Å². The summed E-state index contributed by atoms with van der Waals surface area (Å²) in [6.07, 6.45) is 2.23. The maximum atomic E-state index is 12.9. The summed E-state index contributed by atoms with van der Waals surface area (Å²) in [5, 5.41) is 10.0. The first kappa shape index (κ1) is 19.7. The van der Waals surface area contributed by atoms with Crippen molar-refractivity contribution in [2.75, 3.05) is 11.9 Å². The summed E-state index contributed by atoms with van der Waals surface area (Å²) in [6, 6.07) is 6.24. The molecule has 1 amide bonds. The molecule has 1 atom stereocenters. The topological polar surface area (TPSA) is 94.0 Å². The summed E-state index contributed by atoms with van der Waals surface area (Å²) in [4.78, 5) is 20.2. The molecule has 3 aromatic heterocycles. The first-order chi connectivity index (χ1) is 14.4. The number of nitrogens with one attached hydrogen (secondary N) is 2. The van der Waals surface area contributed by atoms with Crippen molar-refractivity contribution in [3.63, 3.8) is 0 Å². The lowest BCUT2D eigenvalue weighted by Gasteiger charge is -2.24. The zero-order valence-corrected chi connectivity index (χ0v) is 16.4. The lowest BCUT2D eigenvalue weighted by Crippen LogP contribution is -2.37. The number of rotatable bonds is 6. The van der Waals surface area contributed by atoms with Gasteiger partial charge in [0.25, 0.3) is 6.43 Å². The van der Waals surface area contributed by atoms with Crippen LogP contribution in [0.4, 0.5) is 25.2 Å². The summed E-state index contributed by atoms with van der Waals surface area (Å²) in [5.41, 5.74) is 1.29. The van der Waals surface area contributed by atoms with E-state index in [1.54, 1.807) is 23.1 Å². The third-order valence-corrected chi connectivity index (χ3v) is 4.90. The van der Waals surface area contributed by atoms with Crippen molar-refractivity contribution >= 4 is 17.7 Å². The summed E-state index contributed by atoms with van der Waals surface area (Å²) < 4.78 is 32.9. The molecule has 2 N–H and O–H groups in total. The molecule has 156 valence electrons. The van der Waals surface area contributed by atoms with Crippen LogP contribution in [0.25, 0.3) is 11.3 Å². The minimum Gasteiger partial charge on any atom is -0.419 e. The van der Waals surface area contributed by atoms with E-state index in [1.165, 1.54) is 18.3 Å². The van der Waals surface area contributed by atoms with Gasteiger partial charge in [0.15, 0.2) is 0 Å². The second-order valence-electron chi connectivity index (χ2n) is 7.03. The minimum absolute atomic E-state index is 0.119. The largest absolute Gasteiger partial charge is 0.419 e. The quantitative estimate of drug-likeness (QED) is 0.630. The SMILES string of the molecule is CCC1(n2cc(-c3cc(C)cc(Nc4cc(C(F)F)ccn4)n3)cn2)CNC(=O)O1. The molecule has 1 fully saturated rings. The molecule has 0 radical (unpaired) electrons. The normalized spacial score (nSPS) is 18.4. The van der Waals surface area contributed by atoms with Crippen molar-refractivity contribution in [2.45, 2.75) is 32.4 Å². The molecule has 4 heterocycles. The minimum atomic E-state index is -2.58. The van der Waals surface area contributed by atoms with Crippen molar-refractivity contribution in [1.82, 2.24) is 25.1 Å². The van der Waals surface area contributed by atoms with Crippen LogP contribution in [-0.2, 0) is 10.5 Å². The number of aromatic nitrogens is 4. The van der Waals surface area contributed by atoms with Crippen LogP contribution >= 0.6 is 0 Å². The van der Waals surface area contributed by atoms with Crippen molar-refractivity contribution in [3.8, 4) is 11.3 Å². The summed E-state index contributed by atoms with van der Waals surface area (Å²) in [7, 11) is 0. The van der Waals surface area contributed by atoms with Gasteiger partial charge in [-0.1, -0.05) is 6.92 Å². The van der Waals surface area contributed by atoms with Crippen molar-refractivity contribution < 1.29 is 18.3 Å². The van der Waals surface area contributed by atoms with Crippen molar-refractivity contribution in [2.24, 2.45) is 0 Å². The van der Waals surface area contributed by atoms with Gasteiger partial charge >= 0.3 is 6.09 Å². The van der Waals surface area contributed by atoms with Crippen LogP contribution in [0.3, 0.4) is 0 Å². The molecule has 0 aliphatic carbocycles. The molecule has 1 unspecified atom stereocenters. The molecule has 1 saturated heterocycles. The number of carbonyl (C=O) groups is 1. The highest BCUT2D eigenvalue weighted by atomic mass is 19.3. The van der Waals surface area contributed by atoms with Crippen LogP contribution in [0.1, 0.15) is 30.9 Å². The van der Waals surface area contributed by atoms with E-state index in [0.717, 1.165) is 11.1 Å². The number of cyclic esters (lactones) is 1. The van der Waals surface area contributed by atoms with E-state index >= 15 is 0 Å². The monoisotopic (exact) mass is 414 g/mol. The number of nitrogens with zero attached hydrogens (tertiary/aromatic N) is 4. The molecular weight excluding hydrogens is 394 g/mol. The third kappa shape index (κ3) is 3.80. The van der Waals surface area contributed by atoms with E-state index in [1.807, 2.05) is 19.9 Å². The fourth-order valence-electron chi connectivity index (χ4n) is 3.28. The lowest BCUT2D eigenvalue weighted by atomic mass is 10.1. The van der Waals surface area contributed by atoms with Crippen LogP contribution in [0.15, 0.2) is 42.9 Å². The molecule has 0 bridgehead atoms. The van der Waals surface area contributed by atoms with E-state index in [4.69, 9.17) is 4.74 Å². The van der Waals surface area contributed by atoms with Gasteiger partial charge in [-0.15, -0.1) is 0 Å². The number of halogens is 2. The fourth-order valence-corrected chi connectivity index (χ4v) is 3.28. The molecule has 30 heavy (non-hydrogen) atoms. The fraction of sp³-hybridized carbons (Fsp3) is 0.300. The summed E-state index contributed by atoms with van der Waals surface area (Å²) >= 11 is 0. The van der Waals surface area contributed by atoms with Crippen LogP contribution in [0.5, 0.6) is 0 Å². The first-order valence-corrected chi connectivity index (χ1v) is 9.41. The second kappa shape index (κ2) is 7.69. The number of carbonyl (C=O) groups excluding carboxylic acids is 1. The molecule has 0 spiro atoms. The Balaban J connectivity index is 1.62. The smallest absolute Gasteiger partial charge is 0.409 e. The lowest BCUT2D eigenvalue weighted by molar-refractivity contribution is -0.0229. The van der Waals surface area contributed by atoms with Crippen LogP contribution in [0, 0.1) is 6.92 Å². The standard InChI is InChI=1S/C20H20F2N6O2/c1-3-20(11-24-19(29)30-20)28-10-14(9-25-28)15-6-12(2)7-17(26-15)27-16-8-13(18(21)22)4-5-23-16/h4-10,18H,3,11H2,1-2H3,(H,24,29)(H,23,26,27). The van der Waals surface area contributed by atoms with Crippen LogP contribution < -0.4 is 10.6 Å². The maximum absolute atomic E-state index is 12.9. The summed E-state index contributed by atoms with van der Waals surface area (Å²) in [5.74, 6) is 0.747. The number of alkyl carbamates (subject to hydrolysis) is 1. The van der Waals surface area contributed by atoms with Crippen molar-refractivity contribution in [1.29, 1.82) is 0 Å². The third-order valence-electron chi connectivity index (χ3n) is 4.90. The van der Waals surface area contributed by atoms with Crippen LogP contribution in [0.2, 0.25) is 0 Å². The first-order valence-electron chi connectivity index (χ1n) is 9.41.